The Labute approximate surface area is 207 Å². The van der Waals surface area contributed by atoms with Crippen LogP contribution in [-0.4, -0.2) is 92.4 Å². The van der Waals surface area contributed by atoms with Crippen LogP contribution in [0.15, 0.2) is 24.3 Å². The summed E-state index contributed by atoms with van der Waals surface area (Å²) in [5.74, 6) is -1.13. The summed E-state index contributed by atoms with van der Waals surface area (Å²) in [5, 5.41) is 9.32. The predicted octanol–water partition coefficient (Wildman–Crippen LogP) is 2.45. The first-order valence-electron chi connectivity index (χ1n) is 12.9. The highest BCUT2D eigenvalue weighted by molar-refractivity contribution is 8.02. The summed E-state index contributed by atoms with van der Waals surface area (Å²) in [7, 11) is 0. The van der Waals surface area contributed by atoms with Gasteiger partial charge in [0, 0.05) is 44.1 Å². The molecule has 2 fully saturated rings. The number of amides is 3. The molecule has 5 atom stereocenters. The van der Waals surface area contributed by atoms with E-state index in [0.717, 1.165) is 19.3 Å². The molecule has 188 valence electrons. The monoisotopic (exact) mass is 489 g/mol. The number of hydrogen-bond acceptors (Lipinski definition) is 5. The van der Waals surface area contributed by atoms with Gasteiger partial charge < -0.3 is 19.8 Å². The number of nitrogens with zero attached hydrogens (tertiary/aromatic N) is 3. The molecular weight excluding hydrogens is 450 g/mol. The van der Waals surface area contributed by atoms with E-state index in [1.807, 2.05) is 15.9 Å². The van der Waals surface area contributed by atoms with E-state index in [2.05, 4.69) is 39.0 Å². The first kappa shape index (κ1) is 25.3. The molecule has 1 N–H and O–H groups in total. The number of likely N-dealkylation sites (tertiary alicyclic amines) is 1. The fourth-order valence-corrected chi connectivity index (χ4v) is 8.43. The van der Waals surface area contributed by atoms with E-state index in [4.69, 9.17) is 0 Å². The van der Waals surface area contributed by atoms with E-state index in [1.54, 1.807) is 16.7 Å². The third-order valence-electron chi connectivity index (χ3n) is 7.81. The minimum absolute atomic E-state index is 0.00676. The number of aliphatic hydroxyl groups excluding tert-OH is 1. The SMILES string of the molecule is CCCCN1CC=C[C@]23S[C@@]4(C)C=CCN(CCC)C(=O)[C@H]4[C@H]2C(=O)N(CCCCO)C3C1=O. The van der Waals surface area contributed by atoms with E-state index >= 15 is 0 Å². The quantitative estimate of drug-likeness (QED) is 0.398. The molecule has 0 saturated carbocycles. The number of hydrogen-bond donors (Lipinski definition) is 1. The third kappa shape index (κ3) is 4.00. The van der Waals surface area contributed by atoms with Crippen molar-refractivity contribution in [3.63, 3.8) is 0 Å². The maximum atomic E-state index is 14.1. The summed E-state index contributed by atoms with van der Waals surface area (Å²) in [5.41, 5.74) is 0. The van der Waals surface area contributed by atoms with Crippen molar-refractivity contribution in [1.82, 2.24) is 14.7 Å². The largest absolute Gasteiger partial charge is 0.396 e. The summed E-state index contributed by atoms with van der Waals surface area (Å²) < 4.78 is -1.30. The van der Waals surface area contributed by atoms with Gasteiger partial charge in [-0.25, -0.2) is 0 Å². The summed E-state index contributed by atoms with van der Waals surface area (Å²) >= 11 is 1.65. The lowest BCUT2D eigenvalue weighted by atomic mass is 9.74. The Morgan fingerprint density at radius 3 is 2.26 bits per heavy atom. The van der Waals surface area contributed by atoms with Crippen molar-refractivity contribution in [2.75, 3.05) is 39.3 Å². The van der Waals surface area contributed by atoms with Gasteiger partial charge in [0.05, 0.1) is 16.6 Å². The maximum absolute atomic E-state index is 14.1. The van der Waals surface area contributed by atoms with Gasteiger partial charge >= 0.3 is 0 Å². The lowest BCUT2D eigenvalue weighted by Gasteiger charge is -2.37. The first-order chi connectivity index (χ1) is 16.3. The summed E-state index contributed by atoms with van der Waals surface area (Å²) in [6, 6.07) is -0.617. The summed E-state index contributed by atoms with van der Waals surface area (Å²) in [4.78, 5) is 47.5. The number of thioether (sulfide) groups is 1. The highest BCUT2D eigenvalue weighted by Gasteiger charge is 2.73. The average Bonchev–Trinajstić information content (AvgIpc) is 3.07. The standard InChI is InChI=1S/C26H39N3O4S/c1-4-6-14-28-16-10-12-26-20(23(32)29(17-7-8-18-30)21(26)24(28)33)19-22(31)27(13-5-2)15-9-11-25(19,3)34-26/h9-12,19-21,30H,4-8,13-18H2,1-3H3/t19-,20+,21?,25+,26+/m1/s1. The van der Waals surface area contributed by atoms with E-state index in [-0.39, 0.29) is 24.3 Å². The molecule has 1 unspecified atom stereocenters. The van der Waals surface area contributed by atoms with Crippen LogP contribution >= 0.6 is 11.8 Å². The average molecular weight is 490 g/mol. The van der Waals surface area contributed by atoms with E-state index in [9.17, 15) is 19.5 Å². The van der Waals surface area contributed by atoms with Crippen LogP contribution in [-0.2, 0) is 14.4 Å². The van der Waals surface area contributed by atoms with Gasteiger partial charge in [-0.1, -0.05) is 44.6 Å². The lowest BCUT2D eigenvalue weighted by Crippen LogP contribution is -2.53. The second-order valence-corrected chi connectivity index (χ2v) is 12.0. The minimum Gasteiger partial charge on any atom is -0.396 e. The normalized spacial score (nSPS) is 34.9. The Morgan fingerprint density at radius 2 is 1.59 bits per heavy atom. The lowest BCUT2D eigenvalue weighted by molar-refractivity contribution is -0.145. The highest BCUT2D eigenvalue weighted by Crippen LogP contribution is 2.65. The van der Waals surface area contributed by atoms with Gasteiger partial charge in [0.15, 0.2) is 0 Å². The van der Waals surface area contributed by atoms with Crippen LogP contribution in [0.1, 0.15) is 52.9 Å². The van der Waals surface area contributed by atoms with E-state index in [1.165, 1.54) is 0 Å². The van der Waals surface area contributed by atoms with Gasteiger partial charge in [0.1, 0.15) is 6.04 Å². The molecule has 4 aliphatic heterocycles. The van der Waals surface area contributed by atoms with Crippen molar-refractivity contribution in [2.24, 2.45) is 11.8 Å². The Kier molecular flexibility index (Phi) is 7.48. The molecule has 0 bridgehead atoms. The van der Waals surface area contributed by atoms with Crippen molar-refractivity contribution in [3.8, 4) is 0 Å². The number of carbonyl (C=O) groups excluding carboxylic acids is 3. The number of carbonyl (C=O) groups is 3. The highest BCUT2D eigenvalue weighted by atomic mass is 32.2. The first-order valence-corrected chi connectivity index (χ1v) is 13.7. The summed E-state index contributed by atoms with van der Waals surface area (Å²) in [6.45, 7) is 9.16. The second kappa shape index (κ2) is 10.1. The van der Waals surface area contributed by atoms with Crippen LogP contribution in [0.4, 0.5) is 0 Å². The number of unbranched alkanes of at least 4 members (excludes halogenated alkanes) is 2. The molecule has 3 amide bonds. The fourth-order valence-electron chi connectivity index (χ4n) is 6.27. The molecule has 0 aromatic heterocycles. The van der Waals surface area contributed by atoms with Gasteiger partial charge in [0.25, 0.3) is 0 Å². The zero-order valence-corrected chi connectivity index (χ0v) is 21.6. The molecule has 4 rings (SSSR count). The van der Waals surface area contributed by atoms with E-state index < -0.39 is 27.4 Å². The molecule has 4 heterocycles. The van der Waals surface area contributed by atoms with Crippen molar-refractivity contribution in [1.29, 1.82) is 0 Å². The Balaban J connectivity index is 1.79. The van der Waals surface area contributed by atoms with Crippen LogP contribution in [0.3, 0.4) is 0 Å². The number of fused-ring (bicyclic) bond motifs is 2. The van der Waals surface area contributed by atoms with Gasteiger partial charge in [-0.3, -0.25) is 14.4 Å². The third-order valence-corrected chi connectivity index (χ3v) is 9.60. The van der Waals surface area contributed by atoms with Crippen molar-refractivity contribution in [2.45, 2.75) is 68.4 Å². The molecule has 1 spiro atoms. The molecule has 0 aliphatic carbocycles. The molecule has 0 radical (unpaired) electrons. The Morgan fingerprint density at radius 1 is 0.882 bits per heavy atom. The molecule has 2 saturated heterocycles. The van der Waals surface area contributed by atoms with Crippen molar-refractivity contribution in [3.05, 3.63) is 24.3 Å². The van der Waals surface area contributed by atoms with Gasteiger partial charge in [-0.2, -0.15) is 0 Å². The van der Waals surface area contributed by atoms with Crippen LogP contribution in [0, 0.1) is 11.8 Å². The van der Waals surface area contributed by atoms with Crippen molar-refractivity contribution >= 4 is 29.5 Å². The predicted molar refractivity (Wildman–Crippen MR) is 134 cm³/mol. The van der Waals surface area contributed by atoms with Crippen LogP contribution in [0.5, 0.6) is 0 Å². The molecule has 0 aromatic carbocycles. The maximum Gasteiger partial charge on any atom is 0.247 e. The topological polar surface area (TPSA) is 81.2 Å². The number of rotatable bonds is 9. The van der Waals surface area contributed by atoms with Gasteiger partial charge in [0.2, 0.25) is 17.7 Å². The number of aliphatic hydroxyl groups is 1. The van der Waals surface area contributed by atoms with Gasteiger partial charge in [-0.15, -0.1) is 11.8 Å². The van der Waals surface area contributed by atoms with Crippen LogP contribution in [0.25, 0.3) is 0 Å². The molecule has 8 heteroatoms. The minimum atomic E-state index is -0.761. The molecule has 0 aromatic rings. The zero-order valence-electron chi connectivity index (χ0n) is 20.7. The fraction of sp³-hybridized carbons (Fsp3) is 0.731. The summed E-state index contributed by atoms with van der Waals surface area (Å²) in [6.07, 6.45) is 12.3. The second-order valence-electron chi connectivity index (χ2n) is 10.2. The smallest absolute Gasteiger partial charge is 0.247 e. The van der Waals surface area contributed by atoms with Gasteiger partial charge in [-0.05, 0) is 32.6 Å². The van der Waals surface area contributed by atoms with Crippen molar-refractivity contribution < 1.29 is 19.5 Å². The molecule has 34 heavy (non-hydrogen) atoms. The molecular formula is C26H39N3O4S. The van der Waals surface area contributed by atoms with E-state index in [0.29, 0.717) is 45.6 Å². The molecule has 4 aliphatic rings. The Hall–Kier alpha value is -1.80. The van der Waals surface area contributed by atoms with Crippen LogP contribution < -0.4 is 0 Å². The molecule has 7 nitrogen and oxygen atoms in total. The van der Waals surface area contributed by atoms with Crippen LogP contribution in [0.2, 0.25) is 0 Å². The Bertz CT molecular complexity index is 876. The zero-order chi connectivity index (χ0) is 24.5.